The Bertz CT molecular complexity index is 692. The smallest absolute Gasteiger partial charge is 0.306 e. The largest absolute Gasteiger partial charge is 0.481 e. The van der Waals surface area contributed by atoms with Gasteiger partial charge in [0.1, 0.15) is 5.69 Å². The Labute approximate surface area is 137 Å². The molecule has 1 atom stereocenters. The standard InChI is InChI=1S/C16H17BrN2O3/c1-10(16(21)22)7-11-3-5-13(6-4-11)18-15(20)14-8-12(17)9-19(14)2/h3-6,8-10H,7H2,1-2H3,(H,18,20)(H,21,22). The summed E-state index contributed by atoms with van der Waals surface area (Å²) in [7, 11) is 1.80. The molecule has 1 heterocycles. The number of anilines is 1. The highest BCUT2D eigenvalue weighted by atomic mass is 79.9. The number of aromatic nitrogens is 1. The van der Waals surface area contributed by atoms with Crippen LogP contribution in [0.1, 0.15) is 23.0 Å². The van der Waals surface area contributed by atoms with E-state index in [1.54, 1.807) is 36.7 Å². The molecule has 2 aromatic rings. The van der Waals surface area contributed by atoms with Crippen molar-refractivity contribution in [1.29, 1.82) is 0 Å². The maximum Gasteiger partial charge on any atom is 0.306 e. The van der Waals surface area contributed by atoms with Gasteiger partial charge in [0, 0.05) is 23.4 Å². The zero-order chi connectivity index (χ0) is 16.3. The van der Waals surface area contributed by atoms with Gasteiger partial charge in [0.2, 0.25) is 0 Å². The lowest BCUT2D eigenvalue weighted by atomic mass is 10.0. The number of rotatable bonds is 5. The molecular weight excluding hydrogens is 348 g/mol. The van der Waals surface area contributed by atoms with E-state index >= 15 is 0 Å². The molecule has 0 aliphatic rings. The van der Waals surface area contributed by atoms with Crippen LogP contribution in [0, 0.1) is 5.92 Å². The zero-order valence-electron chi connectivity index (χ0n) is 12.3. The van der Waals surface area contributed by atoms with Crippen molar-refractivity contribution < 1.29 is 14.7 Å². The van der Waals surface area contributed by atoms with Gasteiger partial charge in [-0.2, -0.15) is 0 Å². The molecule has 2 N–H and O–H groups in total. The molecule has 0 aliphatic carbocycles. The predicted molar refractivity (Wildman–Crippen MR) is 88.0 cm³/mol. The number of carbonyl (C=O) groups is 2. The Morgan fingerprint density at radius 2 is 1.95 bits per heavy atom. The van der Waals surface area contributed by atoms with Crippen molar-refractivity contribution in [3.8, 4) is 0 Å². The van der Waals surface area contributed by atoms with Gasteiger partial charge in [-0.05, 0) is 46.1 Å². The maximum absolute atomic E-state index is 12.2. The second-order valence-electron chi connectivity index (χ2n) is 5.25. The molecule has 0 saturated heterocycles. The Balaban J connectivity index is 2.03. The maximum atomic E-state index is 12.2. The van der Waals surface area contributed by atoms with Gasteiger partial charge in [0.25, 0.3) is 5.91 Å². The number of aryl methyl sites for hydroxylation is 1. The first-order valence-electron chi connectivity index (χ1n) is 6.82. The Morgan fingerprint density at radius 3 is 2.45 bits per heavy atom. The lowest BCUT2D eigenvalue weighted by Gasteiger charge is -2.09. The number of carboxylic acids is 1. The van der Waals surface area contributed by atoms with Crippen molar-refractivity contribution in [2.24, 2.45) is 13.0 Å². The van der Waals surface area contributed by atoms with Gasteiger partial charge in [-0.25, -0.2) is 0 Å². The van der Waals surface area contributed by atoms with E-state index in [0.29, 0.717) is 17.8 Å². The zero-order valence-corrected chi connectivity index (χ0v) is 13.9. The van der Waals surface area contributed by atoms with Crippen LogP contribution in [0.25, 0.3) is 0 Å². The normalized spacial score (nSPS) is 12.0. The highest BCUT2D eigenvalue weighted by Gasteiger charge is 2.13. The van der Waals surface area contributed by atoms with Crippen LogP contribution in [0.3, 0.4) is 0 Å². The van der Waals surface area contributed by atoms with Crippen LogP contribution in [-0.4, -0.2) is 21.6 Å². The lowest BCUT2D eigenvalue weighted by molar-refractivity contribution is -0.141. The van der Waals surface area contributed by atoms with Crippen LogP contribution in [0.5, 0.6) is 0 Å². The molecular formula is C16H17BrN2O3. The molecule has 5 nitrogen and oxygen atoms in total. The fourth-order valence-corrected chi connectivity index (χ4v) is 2.63. The van der Waals surface area contributed by atoms with Gasteiger partial charge in [-0.1, -0.05) is 19.1 Å². The Kier molecular flexibility index (Phi) is 5.03. The van der Waals surface area contributed by atoms with Gasteiger partial charge >= 0.3 is 5.97 Å². The predicted octanol–water partition coefficient (Wildman–Crippen LogP) is 3.30. The monoisotopic (exact) mass is 364 g/mol. The van der Waals surface area contributed by atoms with Crippen LogP contribution in [0.2, 0.25) is 0 Å². The molecule has 22 heavy (non-hydrogen) atoms. The molecule has 0 spiro atoms. The molecule has 0 fully saturated rings. The lowest BCUT2D eigenvalue weighted by Crippen LogP contribution is -2.15. The van der Waals surface area contributed by atoms with E-state index in [-0.39, 0.29) is 5.91 Å². The highest BCUT2D eigenvalue weighted by Crippen LogP contribution is 2.17. The van der Waals surface area contributed by atoms with Crippen molar-refractivity contribution in [2.45, 2.75) is 13.3 Å². The summed E-state index contributed by atoms with van der Waals surface area (Å²) in [6.45, 7) is 1.67. The molecule has 1 amide bonds. The molecule has 0 saturated carbocycles. The summed E-state index contributed by atoms with van der Waals surface area (Å²) in [4.78, 5) is 23.0. The molecule has 6 heteroatoms. The summed E-state index contributed by atoms with van der Waals surface area (Å²) in [6, 6.07) is 8.96. The quantitative estimate of drug-likeness (QED) is 0.854. The summed E-state index contributed by atoms with van der Waals surface area (Å²) in [5.41, 5.74) is 2.15. The van der Waals surface area contributed by atoms with Crippen molar-refractivity contribution in [3.05, 3.63) is 52.3 Å². The third kappa shape index (κ3) is 3.98. The van der Waals surface area contributed by atoms with Gasteiger partial charge in [-0.3, -0.25) is 9.59 Å². The van der Waals surface area contributed by atoms with Crippen LogP contribution >= 0.6 is 15.9 Å². The number of halogens is 1. The average molecular weight is 365 g/mol. The van der Waals surface area contributed by atoms with Gasteiger partial charge in [0.15, 0.2) is 0 Å². The number of hydrogen-bond acceptors (Lipinski definition) is 2. The van der Waals surface area contributed by atoms with Gasteiger partial charge in [-0.15, -0.1) is 0 Å². The van der Waals surface area contributed by atoms with Crippen LogP contribution in [0.15, 0.2) is 41.0 Å². The second kappa shape index (κ2) is 6.79. The number of amides is 1. The summed E-state index contributed by atoms with van der Waals surface area (Å²) >= 11 is 3.33. The molecule has 0 radical (unpaired) electrons. The van der Waals surface area contributed by atoms with Crippen LogP contribution in [-0.2, 0) is 18.3 Å². The highest BCUT2D eigenvalue weighted by molar-refractivity contribution is 9.10. The van der Waals surface area contributed by atoms with E-state index in [1.807, 2.05) is 18.3 Å². The Morgan fingerprint density at radius 1 is 1.32 bits per heavy atom. The molecule has 0 aliphatic heterocycles. The summed E-state index contributed by atoms with van der Waals surface area (Å²) in [6.07, 6.45) is 2.28. The number of carbonyl (C=O) groups excluding carboxylic acids is 1. The van der Waals surface area contributed by atoms with E-state index in [1.165, 1.54) is 0 Å². The molecule has 116 valence electrons. The number of nitrogens with zero attached hydrogens (tertiary/aromatic N) is 1. The van der Waals surface area contributed by atoms with Crippen molar-refractivity contribution in [3.63, 3.8) is 0 Å². The van der Waals surface area contributed by atoms with E-state index < -0.39 is 11.9 Å². The minimum absolute atomic E-state index is 0.195. The minimum Gasteiger partial charge on any atom is -0.481 e. The minimum atomic E-state index is -0.813. The molecule has 1 unspecified atom stereocenters. The molecule has 1 aromatic carbocycles. The van der Waals surface area contributed by atoms with E-state index in [9.17, 15) is 9.59 Å². The first-order valence-corrected chi connectivity index (χ1v) is 7.61. The fourth-order valence-electron chi connectivity index (χ4n) is 2.11. The van der Waals surface area contributed by atoms with E-state index in [0.717, 1.165) is 10.0 Å². The molecule has 2 rings (SSSR count). The van der Waals surface area contributed by atoms with Crippen LogP contribution < -0.4 is 5.32 Å². The average Bonchev–Trinajstić information content (AvgIpc) is 2.79. The van der Waals surface area contributed by atoms with E-state index in [4.69, 9.17) is 5.11 Å². The topological polar surface area (TPSA) is 71.3 Å². The summed E-state index contributed by atoms with van der Waals surface area (Å²) < 4.78 is 2.58. The van der Waals surface area contributed by atoms with E-state index in [2.05, 4.69) is 21.2 Å². The first kappa shape index (κ1) is 16.3. The third-order valence-corrected chi connectivity index (χ3v) is 3.81. The summed E-state index contributed by atoms with van der Waals surface area (Å²) in [5, 5.41) is 11.7. The molecule has 1 aromatic heterocycles. The van der Waals surface area contributed by atoms with Gasteiger partial charge < -0.3 is 15.0 Å². The first-order chi connectivity index (χ1) is 10.4. The fraction of sp³-hybridized carbons (Fsp3) is 0.250. The number of nitrogens with one attached hydrogen (secondary N) is 1. The second-order valence-corrected chi connectivity index (χ2v) is 6.16. The SMILES string of the molecule is CC(Cc1ccc(NC(=O)c2cc(Br)cn2C)cc1)C(=O)O. The van der Waals surface area contributed by atoms with Crippen LogP contribution in [0.4, 0.5) is 5.69 Å². The van der Waals surface area contributed by atoms with Crippen molar-refractivity contribution in [2.75, 3.05) is 5.32 Å². The number of hydrogen-bond donors (Lipinski definition) is 2. The molecule has 0 bridgehead atoms. The van der Waals surface area contributed by atoms with Crippen molar-refractivity contribution >= 4 is 33.5 Å². The number of aliphatic carboxylic acids is 1. The Hall–Kier alpha value is -2.08. The summed E-state index contributed by atoms with van der Waals surface area (Å²) in [5.74, 6) is -1.44. The number of benzene rings is 1. The number of carboxylic acid groups (broad SMARTS) is 1. The third-order valence-electron chi connectivity index (χ3n) is 3.38. The van der Waals surface area contributed by atoms with Gasteiger partial charge in [0.05, 0.1) is 5.92 Å². The van der Waals surface area contributed by atoms with Crippen molar-refractivity contribution in [1.82, 2.24) is 4.57 Å².